The molecular weight excluding hydrogens is 478 g/mol. The Balaban J connectivity index is 1.69. The van der Waals surface area contributed by atoms with E-state index in [1.807, 2.05) is 0 Å². The van der Waals surface area contributed by atoms with E-state index in [2.05, 4.69) is 9.88 Å². The molecule has 11 heteroatoms. The first-order chi connectivity index (χ1) is 16.3. The third-order valence-corrected chi connectivity index (χ3v) is 7.71. The summed E-state index contributed by atoms with van der Waals surface area (Å²) in [6.45, 7) is 3.81. The summed E-state index contributed by atoms with van der Waals surface area (Å²) < 4.78 is 35.3. The van der Waals surface area contributed by atoms with Crippen molar-refractivity contribution in [2.75, 3.05) is 57.7 Å². The molecule has 2 aromatic carbocycles. The second kappa shape index (κ2) is 10.2. The van der Waals surface area contributed by atoms with Gasteiger partial charge in [-0.15, -0.1) is 0 Å². The highest BCUT2D eigenvalue weighted by atomic mass is 32.2. The smallest absolute Gasteiger partial charge is 0.337 e. The van der Waals surface area contributed by atoms with Crippen molar-refractivity contribution in [3.8, 4) is 0 Å². The molecule has 3 aromatic rings. The largest absolute Gasteiger partial charge is 0.465 e. The molecule has 4 rings (SSSR count). The highest BCUT2D eigenvalue weighted by Gasteiger charge is 2.25. The lowest BCUT2D eigenvalue weighted by atomic mass is 10.1. The molecule has 0 radical (unpaired) electrons. The van der Waals surface area contributed by atoms with Gasteiger partial charge in [0.25, 0.3) is 5.91 Å². The first-order valence-electron chi connectivity index (χ1n) is 10.7. The molecule has 1 aromatic heterocycles. The van der Waals surface area contributed by atoms with Crippen LogP contribution in [0.15, 0.2) is 47.4 Å². The number of esters is 1. The molecule has 0 aliphatic carbocycles. The molecule has 0 saturated carbocycles. The molecule has 1 aliphatic rings. The van der Waals surface area contributed by atoms with Crippen LogP contribution in [0.25, 0.3) is 10.2 Å². The van der Waals surface area contributed by atoms with E-state index < -0.39 is 15.8 Å². The van der Waals surface area contributed by atoms with E-state index in [1.54, 1.807) is 41.3 Å². The molecule has 2 heterocycles. The Morgan fingerprint density at radius 1 is 1.12 bits per heavy atom. The van der Waals surface area contributed by atoms with Gasteiger partial charge in [-0.25, -0.2) is 18.2 Å². The van der Waals surface area contributed by atoms with E-state index >= 15 is 0 Å². The van der Waals surface area contributed by atoms with Gasteiger partial charge in [0.15, 0.2) is 15.0 Å². The Bertz CT molecular complexity index is 1300. The lowest BCUT2D eigenvalue weighted by Crippen LogP contribution is -2.43. The van der Waals surface area contributed by atoms with Crippen molar-refractivity contribution in [2.24, 2.45) is 0 Å². The summed E-state index contributed by atoms with van der Waals surface area (Å²) >= 11 is 1.27. The number of morpholine rings is 1. The van der Waals surface area contributed by atoms with E-state index in [-0.39, 0.29) is 10.8 Å². The number of hydrogen-bond acceptors (Lipinski definition) is 9. The summed E-state index contributed by atoms with van der Waals surface area (Å²) in [5, 5.41) is 0.418. The number of para-hydroxylation sites is 1. The molecule has 0 N–H and O–H groups in total. The number of carbonyl (C=O) groups excluding carboxylic acids is 2. The van der Waals surface area contributed by atoms with Gasteiger partial charge in [-0.2, -0.15) is 0 Å². The van der Waals surface area contributed by atoms with Crippen LogP contribution in [0.2, 0.25) is 0 Å². The van der Waals surface area contributed by atoms with E-state index in [9.17, 15) is 18.0 Å². The highest BCUT2D eigenvalue weighted by Crippen LogP contribution is 2.33. The van der Waals surface area contributed by atoms with Crippen LogP contribution in [-0.4, -0.2) is 82.9 Å². The topological polar surface area (TPSA) is 106 Å². The maximum absolute atomic E-state index is 13.5. The Labute approximate surface area is 201 Å². The zero-order valence-corrected chi connectivity index (χ0v) is 20.5. The number of aromatic nitrogens is 1. The summed E-state index contributed by atoms with van der Waals surface area (Å²) in [7, 11) is -2.19. The number of sulfone groups is 1. The van der Waals surface area contributed by atoms with Crippen LogP contribution >= 0.6 is 11.3 Å². The Hall–Kier alpha value is -2.86. The summed E-state index contributed by atoms with van der Waals surface area (Å²) in [5.41, 5.74) is 1.09. The number of amides is 1. The van der Waals surface area contributed by atoms with Crippen molar-refractivity contribution in [1.82, 2.24) is 9.88 Å². The fourth-order valence-electron chi connectivity index (χ4n) is 3.70. The summed E-state index contributed by atoms with van der Waals surface area (Å²) in [5.74, 6) is -0.771. The molecule has 34 heavy (non-hydrogen) atoms. The normalized spacial score (nSPS) is 14.8. The number of rotatable bonds is 7. The number of hydrogen-bond donors (Lipinski definition) is 0. The van der Waals surface area contributed by atoms with Gasteiger partial charge in [0, 0.05) is 38.0 Å². The average Bonchev–Trinajstić information content (AvgIpc) is 3.27. The molecule has 180 valence electrons. The SMILES string of the molecule is COC(=O)c1ccc(C(=O)N(CCN2CCOCC2)c2nc3c(S(C)(=O)=O)cccc3s2)cc1. The molecule has 1 aliphatic heterocycles. The number of anilines is 1. The van der Waals surface area contributed by atoms with Crippen molar-refractivity contribution in [2.45, 2.75) is 4.90 Å². The highest BCUT2D eigenvalue weighted by molar-refractivity contribution is 7.91. The summed E-state index contributed by atoms with van der Waals surface area (Å²) in [6, 6.07) is 11.2. The number of thiazole rings is 1. The molecular formula is C23H25N3O6S2. The average molecular weight is 504 g/mol. The third kappa shape index (κ3) is 5.27. The molecule has 1 fully saturated rings. The zero-order chi connectivity index (χ0) is 24.3. The van der Waals surface area contributed by atoms with Crippen molar-refractivity contribution in [1.29, 1.82) is 0 Å². The molecule has 1 saturated heterocycles. The van der Waals surface area contributed by atoms with Gasteiger partial charge in [0.1, 0.15) is 5.52 Å². The van der Waals surface area contributed by atoms with Gasteiger partial charge in [0.05, 0.1) is 35.5 Å². The van der Waals surface area contributed by atoms with Crippen molar-refractivity contribution in [3.63, 3.8) is 0 Å². The fraction of sp³-hybridized carbons (Fsp3) is 0.348. The first-order valence-corrected chi connectivity index (χ1v) is 13.4. The molecule has 0 bridgehead atoms. The third-order valence-electron chi connectivity index (χ3n) is 5.54. The lowest BCUT2D eigenvalue weighted by Gasteiger charge is -2.29. The van der Waals surface area contributed by atoms with Gasteiger partial charge in [0.2, 0.25) is 0 Å². The second-order valence-corrected chi connectivity index (χ2v) is 10.8. The minimum atomic E-state index is -3.48. The maximum atomic E-state index is 13.5. The van der Waals surface area contributed by atoms with Crippen molar-refractivity contribution in [3.05, 3.63) is 53.6 Å². The van der Waals surface area contributed by atoms with Gasteiger partial charge in [-0.05, 0) is 36.4 Å². The number of ether oxygens (including phenoxy) is 2. The number of fused-ring (bicyclic) bond motifs is 1. The molecule has 0 atom stereocenters. The number of carbonyl (C=O) groups is 2. The van der Waals surface area contributed by atoms with E-state index in [0.29, 0.717) is 52.8 Å². The van der Waals surface area contributed by atoms with E-state index in [1.165, 1.54) is 24.5 Å². The van der Waals surface area contributed by atoms with Gasteiger partial charge in [-0.3, -0.25) is 14.6 Å². The standard InChI is InChI=1S/C23H25N3O6S2/c1-31-22(28)17-8-6-16(7-9-17)21(27)26(11-10-25-12-14-32-15-13-25)23-24-20-18(33-23)4-3-5-19(20)34(2,29)30/h3-9H,10-15H2,1-2H3. The van der Waals surface area contributed by atoms with Crippen LogP contribution in [0.3, 0.4) is 0 Å². The fourth-order valence-corrected chi connectivity index (χ4v) is 5.61. The first kappa shape index (κ1) is 24.3. The van der Waals surface area contributed by atoms with Gasteiger partial charge < -0.3 is 9.47 Å². The molecule has 0 spiro atoms. The van der Waals surface area contributed by atoms with Crippen LogP contribution in [0.1, 0.15) is 20.7 Å². The van der Waals surface area contributed by atoms with Crippen LogP contribution in [0.5, 0.6) is 0 Å². The van der Waals surface area contributed by atoms with Crippen molar-refractivity contribution < 1.29 is 27.5 Å². The second-order valence-electron chi connectivity index (χ2n) is 7.85. The summed E-state index contributed by atoms with van der Waals surface area (Å²) in [4.78, 5) is 33.8. The Morgan fingerprint density at radius 3 is 2.44 bits per heavy atom. The Kier molecular flexibility index (Phi) is 7.27. The van der Waals surface area contributed by atoms with Crippen LogP contribution in [0, 0.1) is 0 Å². The van der Waals surface area contributed by atoms with E-state index in [4.69, 9.17) is 9.47 Å². The minimum absolute atomic E-state index is 0.135. The van der Waals surface area contributed by atoms with Crippen LogP contribution < -0.4 is 4.90 Å². The number of methoxy groups -OCH3 is 1. The molecule has 9 nitrogen and oxygen atoms in total. The zero-order valence-electron chi connectivity index (χ0n) is 18.9. The number of benzene rings is 2. The van der Waals surface area contributed by atoms with Crippen molar-refractivity contribution >= 4 is 48.4 Å². The Morgan fingerprint density at radius 2 is 1.79 bits per heavy atom. The van der Waals surface area contributed by atoms with Crippen LogP contribution in [0.4, 0.5) is 5.13 Å². The summed E-state index contributed by atoms with van der Waals surface area (Å²) in [6.07, 6.45) is 1.14. The monoisotopic (exact) mass is 503 g/mol. The molecule has 0 unspecified atom stereocenters. The quantitative estimate of drug-likeness (QED) is 0.453. The predicted molar refractivity (Wildman–Crippen MR) is 129 cm³/mol. The predicted octanol–water partition coefficient (Wildman–Crippen LogP) is 2.47. The molecule has 1 amide bonds. The van der Waals surface area contributed by atoms with Gasteiger partial charge in [-0.1, -0.05) is 17.4 Å². The maximum Gasteiger partial charge on any atom is 0.337 e. The lowest BCUT2D eigenvalue weighted by molar-refractivity contribution is 0.0391. The minimum Gasteiger partial charge on any atom is -0.465 e. The van der Waals surface area contributed by atoms with Gasteiger partial charge >= 0.3 is 5.97 Å². The van der Waals surface area contributed by atoms with Crippen LogP contribution in [-0.2, 0) is 19.3 Å². The number of nitrogens with zero attached hydrogens (tertiary/aromatic N) is 3. The van der Waals surface area contributed by atoms with E-state index in [0.717, 1.165) is 19.3 Å².